The fourth-order valence-corrected chi connectivity index (χ4v) is 3.42. The fraction of sp³-hybridized carbons (Fsp3) is 0.350. The molecule has 1 aliphatic heterocycles. The third kappa shape index (κ3) is 2.66. The van der Waals surface area contributed by atoms with E-state index in [9.17, 15) is 0 Å². The summed E-state index contributed by atoms with van der Waals surface area (Å²) >= 11 is 0. The first-order chi connectivity index (χ1) is 10.5. The van der Waals surface area contributed by atoms with E-state index in [-0.39, 0.29) is 0 Å². The summed E-state index contributed by atoms with van der Waals surface area (Å²) in [6.07, 6.45) is 6.71. The Morgan fingerprint density at radius 1 is 1.00 bits per heavy atom. The number of methoxy groups -OCH3 is 1. The van der Waals surface area contributed by atoms with Gasteiger partial charge in [-0.25, -0.2) is 4.99 Å². The number of ether oxygens (including phenoxy) is 1. The van der Waals surface area contributed by atoms with E-state index in [2.05, 4.69) is 64.1 Å². The van der Waals surface area contributed by atoms with Crippen LogP contribution in [0.5, 0.6) is 0 Å². The molecule has 0 bridgehead atoms. The van der Waals surface area contributed by atoms with Crippen molar-refractivity contribution in [2.24, 2.45) is 16.8 Å². The predicted octanol–water partition coefficient (Wildman–Crippen LogP) is 4.73. The highest BCUT2D eigenvalue weighted by atomic mass is 16.5. The highest BCUT2D eigenvalue weighted by Gasteiger charge is 2.28. The molecule has 0 radical (unpaired) electrons. The van der Waals surface area contributed by atoms with Crippen molar-refractivity contribution in [1.82, 2.24) is 0 Å². The van der Waals surface area contributed by atoms with Gasteiger partial charge in [0, 0.05) is 17.2 Å². The third-order valence-corrected chi connectivity index (χ3v) is 4.33. The number of aryl methyl sites for hydroxylation is 2. The molecule has 2 nitrogen and oxygen atoms in total. The molecule has 0 fully saturated rings. The minimum absolute atomic E-state index is 0.313. The predicted molar refractivity (Wildman–Crippen MR) is 92.0 cm³/mol. The number of hydrogen-bond acceptors (Lipinski definition) is 2. The first-order valence-electron chi connectivity index (χ1n) is 7.81. The van der Waals surface area contributed by atoms with E-state index < -0.39 is 0 Å². The molecule has 0 saturated carbocycles. The van der Waals surface area contributed by atoms with Crippen LogP contribution in [0, 0.1) is 25.7 Å². The molecule has 1 aliphatic carbocycles. The van der Waals surface area contributed by atoms with Crippen molar-refractivity contribution in [3.63, 3.8) is 0 Å². The molecular formula is C20H23NO. The third-order valence-electron chi connectivity index (χ3n) is 4.33. The van der Waals surface area contributed by atoms with Crippen molar-refractivity contribution in [1.29, 1.82) is 0 Å². The van der Waals surface area contributed by atoms with E-state index in [4.69, 9.17) is 9.73 Å². The van der Waals surface area contributed by atoms with Gasteiger partial charge < -0.3 is 4.74 Å². The average Bonchev–Trinajstić information content (AvgIpc) is 2.44. The van der Waals surface area contributed by atoms with Crippen LogP contribution in [0.4, 0.5) is 0 Å². The molecule has 0 spiro atoms. The summed E-state index contributed by atoms with van der Waals surface area (Å²) in [5, 5.41) is 0. The van der Waals surface area contributed by atoms with Crippen molar-refractivity contribution in [2.45, 2.75) is 27.7 Å². The zero-order valence-electron chi connectivity index (χ0n) is 14.0. The maximum atomic E-state index is 5.64. The van der Waals surface area contributed by atoms with Gasteiger partial charge in [-0.05, 0) is 51.0 Å². The smallest absolute Gasteiger partial charge is 0.141 e. The van der Waals surface area contributed by atoms with Crippen molar-refractivity contribution < 1.29 is 4.74 Å². The number of hydrogen-bond donors (Lipinski definition) is 0. The van der Waals surface area contributed by atoms with Gasteiger partial charge in [0.1, 0.15) is 11.5 Å². The second-order valence-corrected chi connectivity index (χ2v) is 6.44. The van der Waals surface area contributed by atoms with Gasteiger partial charge in [-0.1, -0.05) is 35.8 Å². The molecule has 114 valence electrons. The van der Waals surface area contributed by atoms with Crippen LogP contribution in [0.1, 0.15) is 30.5 Å². The lowest BCUT2D eigenvalue weighted by atomic mass is 9.82. The summed E-state index contributed by atoms with van der Waals surface area (Å²) in [6, 6.07) is 6.53. The normalized spacial score (nSPS) is 23.9. The van der Waals surface area contributed by atoms with Crippen LogP contribution < -0.4 is 0 Å². The van der Waals surface area contributed by atoms with E-state index >= 15 is 0 Å². The molecule has 1 aromatic rings. The minimum atomic E-state index is 0.313. The van der Waals surface area contributed by atoms with E-state index in [1.165, 1.54) is 16.7 Å². The van der Waals surface area contributed by atoms with Crippen molar-refractivity contribution in [3.05, 3.63) is 70.1 Å². The molecule has 2 unspecified atom stereocenters. The molecule has 2 atom stereocenters. The van der Waals surface area contributed by atoms with E-state index in [1.807, 2.05) is 0 Å². The number of aliphatic imine (C=N–C) groups is 1. The number of fused-ring (bicyclic) bond motifs is 1. The van der Waals surface area contributed by atoms with Gasteiger partial charge in [0.25, 0.3) is 0 Å². The van der Waals surface area contributed by atoms with Crippen LogP contribution in [0.15, 0.2) is 58.4 Å². The summed E-state index contributed by atoms with van der Waals surface area (Å²) in [6.45, 7) is 8.62. The first kappa shape index (κ1) is 14.8. The standard InChI is InChI=1S/C20H23NO/c1-12-6-13(2)9-16(8-12)20-19(22-5)11-17-15(4)7-14(3)10-18(17)21-20/h6-11,15,17H,1-5H3. The molecule has 22 heavy (non-hydrogen) atoms. The van der Waals surface area contributed by atoms with Gasteiger partial charge in [0.05, 0.1) is 7.11 Å². The molecule has 1 heterocycles. The Hall–Kier alpha value is -2.09. The van der Waals surface area contributed by atoms with Gasteiger partial charge in [0.15, 0.2) is 0 Å². The Bertz CT molecular complexity index is 714. The molecule has 2 heteroatoms. The van der Waals surface area contributed by atoms with Gasteiger partial charge in [-0.15, -0.1) is 0 Å². The number of allylic oxidation sites excluding steroid dienone is 5. The van der Waals surface area contributed by atoms with Crippen LogP contribution in [0.3, 0.4) is 0 Å². The second-order valence-electron chi connectivity index (χ2n) is 6.44. The highest BCUT2D eigenvalue weighted by Crippen LogP contribution is 2.36. The lowest BCUT2D eigenvalue weighted by molar-refractivity contribution is 0.307. The lowest BCUT2D eigenvalue weighted by Gasteiger charge is -2.29. The van der Waals surface area contributed by atoms with Crippen LogP contribution in [0.25, 0.3) is 0 Å². The summed E-state index contributed by atoms with van der Waals surface area (Å²) < 4.78 is 5.64. The summed E-state index contributed by atoms with van der Waals surface area (Å²) in [5.41, 5.74) is 7.00. The molecular weight excluding hydrogens is 270 g/mol. The van der Waals surface area contributed by atoms with Gasteiger partial charge in [-0.2, -0.15) is 0 Å². The molecule has 0 amide bonds. The molecule has 3 rings (SSSR count). The molecule has 2 aliphatic rings. The Morgan fingerprint density at radius 2 is 1.68 bits per heavy atom. The Morgan fingerprint density at radius 3 is 2.32 bits per heavy atom. The fourth-order valence-electron chi connectivity index (χ4n) is 3.42. The topological polar surface area (TPSA) is 21.6 Å². The van der Waals surface area contributed by atoms with Gasteiger partial charge in [-0.3, -0.25) is 0 Å². The quantitative estimate of drug-likeness (QED) is 0.772. The molecule has 0 saturated heterocycles. The summed E-state index contributed by atoms with van der Waals surface area (Å²) in [7, 11) is 1.73. The van der Waals surface area contributed by atoms with Crippen LogP contribution in [0.2, 0.25) is 0 Å². The molecule has 1 aromatic carbocycles. The van der Waals surface area contributed by atoms with Crippen molar-refractivity contribution >= 4 is 5.71 Å². The Labute approximate surface area is 132 Å². The lowest BCUT2D eigenvalue weighted by Crippen LogP contribution is -2.22. The minimum Gasteiger partial charge on any atom is -0.495 e. The van der Waals surface area contributed by atoms with E-state index in [0.29, 0.717) is 11.8 Å². The molecule has 0 aromatic heterocycles. The molecule has 0 N–H and O–H groups in total. The van der Waals surface area contributed by atoms with E-state index in [0.717, 1.165) is 22.7 Å². The van der Waals surface area contributed by atoms with Crippen molar-refractivity contribution in [2.75, 3.05) is 7.11 Å². The first-order valence-corrected chi connectivity index (χ1v) is 7.81. The maximum Gasteiger partial charge on any atom is 0.141 e. The number of rotatable bonds is 2. The van der Waals surface area contributed by atoms with Gasteiger partial charge >= 0.3 is 0 Å². The van der Waals surface area contributed by atoms with Gasteiger partial charge in [0.2, 0.25) is 0 Å². The Balaban J connectivity index is 2.12. The zero-order chi connectivity index (χ0) is 15.9. The highest BCUT2D eigenvalue weighted by molar-refractivity contribution is 6.12. The SMILES string of the molecule is COC1=CC2C(=CC(C)=CC2C)N=C1c1cc(C)cc(C)c1. The van der Waals surface area contributed by atoms with Crippen LogP contribution >= 0.6 is 0 Å². The summed E-state index contributed by atoms with van der Waals surface area (Å²) in [5.74, 6) is 1.65. The zero-order valence-corrected chi connectivity index (χ0v) is 14.0. The number of dihydropyridines is 1. The summed E-state index contributed by atoms with van der Waals surface area (Å²) in [4.78, 5) is 4.95. The van der Waals surface area contributed by atoms with Crippen LogP contribution in [-0.4, -0.2) is 12.8 Å². The average molecular weight is 293 g/mol. The number of nitrogens with zero attached hydrogens (tertiary/aromatic N) is 1. The maximum absolute atomic E-state index is 5.64. The van der Waals surface area contributed by atoms with Crippen molar-refractivity contribution in [3.8, 4) is 0 Å². The monoisotopic (exact) mass is 293 g/mol. The number of benzene rings is 1. The van der Waals surface area contributed by atoms with E-state index in [1.54, 1.807) is 7.11 Å². The second kappa shape index (κ2) is 5.60. The van der Waals surface area contributed by atoms with Crippen LogP contribution in [-0.2, 0) is 4.74 Å². The largest absolute Gasteiger partial charge is 0.495 e. The Kier molecular flexibility index (Phi) is 3.78.